The number of carbonyl (C=O) groups is 1. The Morgan fingerprint density at radius 2 is 1.71 bits per heavy atom. The van der Waals surface area contributed by atoms with Crippen LogP contribution in [0.3, 0.4) is 0 Å². The van der Waals surface area contributed by atoms with Crippen molar-refractivity contribution in [2.45, 2.75) is 38.1 Å². The van der Waals surface area contributed by atoms with Crippen LogP contribution < -0.4 is 24.2 Å². The minimum absolute atomic E-state index is 0.164. The number of benzene rings is 2. The third-order valence-electron chi connectivity index (χ3n) is 4.64. The molecule has 1 atom stereocenters. The second-order valence-corrected chi connectivity index (χ2v) is 8.78. The molecule has 0 aromatic heterocycles. The smallest absolute Gasteiger partial charge is 0.258 e. The van der Waals surface area contributed by atoms with Gasteiger partial charge >= 0.3 is 0 Å². The van der Waals surface area contributed by atoms with Crippen molar-refractivity contribution < 1.29 is 27.4 Å². The van der Waals surface area contributed by atoms with E-state index in [1.54, 1.807) is 39.3 Å². The summed E-state index contributed by atoms with van der Waals surface area (Å²) in [7, 11) is -0.440. The molecular weight excluding hydrogens is 420 g/mol. The van der Waals surface area contributed by atoms with E-state index < -0.39 is 10.0 Å². The number of nitrogens with one attached hydrogen (secondary N) is 2. The Morgan fingerprint density at radius 3 is 2.32 bits per heavy atom. The van der Waals surface area contributed by atoms with Gasteiger partial charge in [0.05, 0.1) is 25.2 Å². The van der Waals surface area contributed by atoms with E-state index in [4.69, 9.17) is 14.2 Å². The van der Waals surface area contributed by atoms with E-state index >= 15 is 0 Å². The van der Waals surface area contributed by atoms with Crippen LogP contribution >= 0.6 is 0 Å². The first-order valence-electron chi connectivity index (χ1n) is 9.96. The Bertz CT molecular complexity index is 1010. The van der Waals surface area contributed by atoms with Gasteiger partial charge in [-0.25, -0.2) is 13.1 Å². The molecule has 2 aromatic rings. The Kier molecular flexibility index (Phi) is 8.70. The van der Waals surface area contributed by atoms with E-state index in [0.29, 0.717) is 35.8 Å². The molecule has 0 unspecified atom stereocenters. The van der Waals surface area contributed by atoms with E-state index in [9.17, 15) is 13.2 Å². The highest BCUT2D eigenvalue weighted by Crippen LogP contribution is 2.30. The van der Waals surface area contributed by atoms with Crippen molar-refractivity contribution in [3.05, 3.63) is 47.5 Å². The maximum absolute atomic E-state index is 12.3. The van der Waals surface area contributed by atoms with Crippen LogP contribution in [0, 0.1) is 6.92 Å². The highest BCUT2D eigenvalue weighted by atomic mass is 32.2. The van der Waals surface area contributed by atoms with Crippen molar-refractivity contribution in [3.63, 3.8) is 0 Å². The molecule has 0 aliphatic heterocycles. The lowest BCUT2D eigenvalue weighted by molar-refractivity contribution is -0.123. The van der Waals surface area contributed by atoms with E-state index in [-0.39, 0.29) is 23.5 Å². The molecule has 0 saturated carbocycles. The topological polar surface area (TPSA) is 103 Å². The molecule has 31 heavy (non-hydrogen) atoms. The van der Waals surface area contributed by atoms with Gasteiger partial charge in [0.25, 0.3) is 5.91 Å². The number of ether oxygens (including phenoxy) is 3. The molecule has 170 valence electrons. The molecule has 0 fully saturated rings. The summed E-state index contributed by atoms with van der Waals surface area (Å²) in [4.78, 5) is 12.5. The van der Waals surface area contributed by atoms with Crippen LogP contribution in [0.15, 0.2) is 41.3 Å². The number of sulfonamides is 1. The first-order valence-corrected chi connectivity index (χ1v) is 11.4. The number of aryl methyl sites for hydroxylation is 1. The summed E-state index contributed by atoms with van der Waals surface area (Å²) in [5, 5.41) is 2.87. The van der Waals surface area contributed by atoms with Gasteiger partial charge in [0.15, 0.2) is 18.1 Å². The predicted molar refractivity (Wildman–Crippen MR) is 118 cm³/mol. The normalized spacial score (nSPS) is 12.2. The molecule has 0 saturated heterocycles. The average molecular weight is 451 g/mol. The third-order valence-corrected chi connectivity index (χ3v) is 6.10. The Morgan fingerprint density at radius 1 is 1.03 bits per heavy atom. The first-order chi connectivity index (χ1) is 14.7. The van der Waals surface area contributed by atoms with Crippen LogP contribution in [0.2, 0.25) is 0 Å². The zero-order valence-corrected chi connectivity index (χ0v) is 19.3. The van der Waals surface area contributed by atoms with E-state index in [1.165, 1.54) is 12.1 Å². The summed E-state index contributed by atoms with van der Waals surface area (Å²) in [6.45, 7) is 5.66. The van der Waals surface area contributed by atoms with Crippen LogP contribution in [0.5, 0.6) is 17.2 Å². The third kappa shape index (κ3) is 6.60. The lowest BCUT2D eigenvalue weighted by Crippen LogP contribution is -2.31. The minimum atomic E-state index is -3.55. The fourth-order valence-corrected chi connectivity index (χ4v) is 4.12. The van der Waals surface area contributed by atoms with Gasteiger partial charge in [-0.05, 0) is 61.7 Å². The van der Waals surface area contributed by atoms with Gasteiger partial charge in [0.2, 0.25) is 10.0 Å². The van der Waals surface area contributed by atoms with Gasteiger partial charge in [0.1, 0.15) is 5.75 Å². The lowest BCUT2D eigenvalue weighted by Gasteiger charge is -2.17. The Hall–Kier alpha value is -2.78. The highest BCUT2D eigenvalue weighted by molar-refractivity contribution is 7.89. The van der Waals surface area contributed by atoms with Crippen LogP contribution in [0.25, 0.3) is 0 Å². The minimum Gasteiger partial charge on any atom is -0.493 e. The van der Waals surface area contributed by atoms with Gasteiger partial charge in [-0.2, -0.15) is 0 Å². The molecule has 2 N–H and O–H groups in total. The van der Waals surface area contributed by atoms with Crippen LogP contribution in [-0.2, 0) is 14.8 Å². The van der Waals surface area contributed by atoms with Crippen molar-refractivity contribution in [2.75, 3.05) is 27.4 Å². The molecule has 9 heteroatoms. The van der Waals surface area contributed by atoms with Gasteiger partial charge in [0, 0.05) is 6.54 Å². The summed E-state index contributed by atoms with van der Waals surface area (Å²) < 4.78 is 43.1. The number of rotatable bonds is 11. The summed E-state index contributed by atoms with van der Waals surface area (Å²) >= 11 is 0. The van der Waals surface area contributed by atoms with Crippen LogP contribution in [-0.4, -0.2) is 41.7 Å². The lowest BCUT2D eigenvalue weighted by atomic mass is 10.1. The predicted octanol–water partition coefficient (Wildman–Crippen LogP) is 2.96. The van der Waals surface area contributed by atoms with Crippen LogP contribution in [0.4, 0.5) is 0 Å². The Balaban J connectivity index is 1.98. The zero-order valence-electron chi connectivity index (χ0n) is 18.5. The van der Waals surface area contributed by atoms with Crippen molar-refractivity contribution in [2.24, 2.45) is 0 Å². The summed E-state index contributed by atoms with van der Waals surface area (Å²) in [6.07, 6.45) is 0.705. The maximum Gasteiger partial charge on any atom is 0.258 e. The molecule has 8 nitrogen and oxygen atoms in total. The fraction of sp³-hybridized carbons (Fsp3) is 0.409. The molecule has 2 rings (SSSR count). The molecule has 1 amide bonds. The van der Waals surface area contributed by atoms with Gasteiger partial charge in [-0.15, -0.1) is 0 Å². The zero-order chi connectivity index (χ0) is 23.0. The van der Waals surface area contributed by atoms with Gasteiger partial charge < -0.3 is 19.5 Å². The number of hydrogen-bond acceptors (Lipinski definition) is 6. The highest BCUT2D eigenvalue weighted by Gasteiger charge is 2.16. The molecule has 0 bridgehead atoms. The SMILES string of the molecule is CCCNS(=O)(=O)c1ccc(OCC(=O)N[C@@H](C)c2ccc(OC)c(OC)c2)c(C)c1. The Labute approximate surface area is 184 Å². The van der Waals surface area contributed by atoms with E-state index in [2.05, 4.69) is 10.0 Å². The van der Waals surface area contributed by atoms with Crippen LogP contribution in [0.1, 0.15) is 37.4 Å². The second kappa shape index (κ2) is 11.0. The molecule has 0 heterocycles. The van der Waals surface area contributed by atoms with Crippen molar-refractivity contribution in [3.8, 4) is 17.2 Å². The summed E-state index contributed by atoms with van der Waals surface area (Å²) in [5.41, 5.74) is 1.48. The first kappa shape index (κ1) is 24.5. The van der Waals surface area contributed by atoms with Gasteiger partial charge in [-0.1, -0.05) is 13.0 Å². The molecule has 0 radical (unpaired) electrons. The summed E-state index contributed by atoms with van der Waals surface area (Å²) in [5.74, 6) is 1.33. The van der Waals surface area contributed by atoms with E-state index in [0.717, 1.165) is 5.56 Å². The largest absolute Gasteiger partial charge is 0.493 e. The standard InChI is InChI=1S/C22H30N2O6S/c1-6-11-23-31(26,27)18-8-10-19(15(2)12-18)30-14-22(25)24-16(3)17-7-9-20(28-4)21(13-17)29-5/h7-10,12-13,16,23H,6,11,14H2,1-5H3,(H,24,25)/t16-/m0/s1. The molecule has 0 spiro atoms. The van der Waals surface area contributed by atoms with Crippen molar-refractivity contribution in [1.82, 2.24) is 10.0 Å². The molecule has 0 aliphatic rings. The molecule has 2 aromatic carbocycles. The summed E-state index contributed by atoms with van der Waals surface area (Å²) in [6, 6.07) is 9.71. The quantitative estimate of drug-likeness (QED) is 0.546. The number of carbonyl (C=O) groups excluding carboxylic acids is 1. The maximum atomic E-state index is 12.3. The van der Waals surface area contributed by atoms with Crippen molar-refractivity contribution >= 4 is 15.9 Å². The second-order valence-electron chi connectivity index (χ2n) is 7.02. The molecule has 0 aliphatic carbocycles. The monoisotopic (exact) mass is 450 g/mol. The van der Waals surface area contributed by atoms with E-state index in [1.807, 2.05) is 19.9 Å². The number of methoxy groups -OCH3 is 2. The number of hydrogen-bond donors (Lipinski definition) is 2. The van der Waals surface area contributed by atoms with Crippen molar-refractivity contribution in [1.29, 1.82) is 0 Å². The average Bonchev–Trinajstić information content (AvgIpc) is 2.76. The molecular formula is C22H30N2O6S. The van der Waals surface area contributed by atoms with Gasteiger partial charge in [-0.3, -0.25) is 4.79 Å². The fourth-order valence-electron chi connectivity index (χ4n) is 2.90. The number of amides is 1.